The standard InChI is InChI=1S/C22H29N5O4/c28-20(3-1-2-8-23-22-24-9-10-25-22)26-16-6-7-19-18(11-16)27(13-15-4-5-15)14-17(31-19)12-21(29)30/h6-7,9-11,15,17H,1-5,8,12-14H2,(H,26,28)(H,29,30)(H2,23,24,25). The Hall–Kier alpha value is -3.23. The van der Waals surface area contributed by atoms with E-state index in [0.29, 0.717) is 24.6 Å². The fourth-order valence-corrected chi connectivity index (χ4v) is 3.79. The molecule has 1 aromatic carbocycles. The molecule has 1 atom stereocenters. The number of ether oxygens (including phenoxy) is 1. The van der Waals surface area contributed by atoms with E-state index in [1.165, 1.54) is 12.8 Å². The number of hydrogen-bond acceptors (Lipinski definition) is 6. The van der Waals surface area contributed by atoms with E-state index in [1.807, 2.05) is 18.2 Å². The van der Waals surface area contributed by atoms with E-state index in [9.17, 15) is 9.59 Å². The number of nitrogens with zero attached hydrogens (tertiary/aromatic N) is 2. The Morgan fingerprint density at radius 2 is 2.16 bits per heavy atom. The number of carbonyl (C=O) groups is 2. The van der Waals surface area contributed by atoms with Crippen molar-refractivity contribution in [3.8, 4) is 5.75 Å². The van der Waals surface area contributed by atoms with E-state index in [4.69, 9.17) is 9.84 Å². The van der Waals surface area contributed by atoms with Crippen LogP contribution < -0.4 is 20.3 Å². The van der Waals surface area contributed by atoms with Gasteiger partial charge in [0.1, 0.15) is 11.9 Å². The van der Waals surface area contributed by atoms with Crippen molar-refractivity contribution in [2.24, 2.45) is 5.92 Å². The lowest BCUT2D eigenvalue weighted by atomic mass is 10.1. The van der Waals surface area contributed by atoms with Crippen LogP contribution in [-0.2, 0) is 9.59 Å². The van der Waals surface area contributed by atoms with E-state index < -0.39 is 5.97 Å². The van der Waals surface area contributed by atoms with Gasteiger partial charge in [-0.25, -0.2) is 4.98 Å². The van der Waals surface area contributed by atoms with Crippen LogP contribution in [0.4, 0.5) is 17.3 Å². The summed E-state index contributed by atoms with van der Waals surface area (Å²) in [4.78, 5) is 32.8. The highest BCUT2D eigenvalue weighted by Crippen LogP contribution is 2.39. The number of anilines is 3. The van der Waals surface area contributed by atoms with Crippen molar-refractivity contribution in [2.45, 2.75) is 44.6 Å². The molecular formula is C22H29N5O4. The molecule has 9 heteroatoms. The molecule has 0 radical (unpaired) electrons. The molecule has 1 aliphatic heterocycles. The number of carboxylic acid groups (broad SMARTS) is 1. The minimum atomic E-state index is -0.858. The van der Waals surface area contributed by atoms with Gasteiger partial charge in [-0.15, -0.1) is 0 Å². The predicted molar refractivity (Wildman–Crippen MR) is 118 cm³/mol. The Morgan fingerprint density at radius 1 is 1.29 bits per heavy atom. The molecule has 0 spiro atoms. The molecule has 2 aromatic rings. The van der Waals surface area contributed by atoms with E-state index in [0.717, 1.165) is 43.3 Å². The number of aromatic nitrogens is 2. The first-order chi connectivity index (χ1) is 15.1. The number of unbranched alkanes of at least 4 members (excludes halogenated alkanes) is 1. The smallest absolute Gasteiger partial charge is 0.307 e. The normalized spacial score (nSPS) is 17.5. The second-order valence-electron chi connectivity index (χ2n) is 8.24. The summed E-state index contributed by atoms with van der Waals surface area (Å²) in [5.74, 6) is 1.20. The number of carboxylic acids is 1. The number of aromatic amines is 1. The van der Waals surface area contributed by atoms with Crippen LogP contribution in [0.25, 0.3) is 0 Å². The summed E-state index contributed by atoms with van der Waals surface area (Å²) in [6.07, 6.45) is 7.58. The summed E-state index contributed by atoms with van der Waals surface area (Å²) in [6, 6.07) is 5.57. The first-order valence-electron chi connectivity index (χ1n) is 10.9. The van der Waals surface area contributed by atoms with Gasteiger partial charge in [-0.3, -0.25) is 9.59 Å². The number of carbonyl (C=O) groups excluding carboxylic acids is 1. The van der Waals surface area contributed by atoms with Crippen LogP contribution in [0.15, 0.2) is 30.6 Å². The third-order valence-corrected chi connectivity index (χ3v) is 5.50. The van der Waals surface area contributed by atoms with Gasteiger partial charge in [0.2, 0.25) is 5.91 Å². The van der Waals surface area contributed by atoms with Crippen molar-refractivity contribution in [3.63, 3.8) is 0 Å². The monoisotopic (exact) mass is 427 g/mol. The van der Waals surface area contributed by atoms with Crippen molar-refractivity contribution in [1.29, 1.82) is 0 Å². The van der Waals surface area contributed by atoms with Crippen LogP contribution in [-0.4, -0.2) is 52.7 Å². The molecule has 1 fully saturated rings. The van der Waals surface area contributed by atoms with Gasteiger partial charge < -0.3 is 30.4 Å². The molecule has 31 heavy (non-hydrogen) atoms. The zero-order valence-corrected chi connectivity index (χ0v) is 17.5. The fraction of sp³-hybridized carbons (Fsp3) is 0.500. The molecule has 166 valence electrons. The number of nitrogens with one attached hydrogen (secondary N) is 3. The first-order valence-corrected chi connectivity index (χ1v) is 10.9. The molecule has 2 heterocycles. The summed E-state index contributed by atoms with van der Waals surface area (Å²) in [5.41, 5.74) is 1.66. The fourth-order valence-electron chi connectivity index (χ4n) is 3.79. The van der Waals surface area contributed by atoms with Crippen molar-refractivity contribution >= 4 is 29.2 Å². The van der Waals surface area contributed by atoms with E-state index in [-0.39, 0.29) is 18.4 Å². The highest BCUT2D eigenvalue weighted by atomic mass is 16.5. The Morgan fingerprint density at radius 3 is 2.90 bits per heavy atom. The SMILES string of the molecule is O=C(O)CC1CN(CC2CC2)c2cc(NC(=O)CCCCNc3ncc[nH]3)ccc2O1. The van der Waals surface area contributed by atoms with Crippen molar-refractivity contribution in [2.75, 3.05) is 35.2 Å². The predicted octanol–water partition coefficient (Wildman–Crippen LogP) is 3.08. The van der Waals surface area contributed by atoms with Crippen molar-refractivity contribution in [3.05, 3.63) is 30.6 Å². The lowest BCUT2D eigenvalue weighted by Crippen LogP contribution is -2.42. The summed E-state index contributed by atoms with van der Waals surface area (Å²) >= 11 is 0. The van der Waals surface area contributed by atoms with Gasteiger partial charge in [-0.2, -0.15) is 0 Å². The molecule has 4 rings (SSSR count). The Balaban J connectivity index is 1.30. The number of rotatable bonds is 11. The van der Waals surface area contributed by atoms with Crippen molar-refractivity contribution < 1.29 is 19.4 Å². The lowest BCUT2D eigenvalue weighted by Gasteiger charge is -2.36. The Kier molecular flexibility index (Phi) is 6.59. The van der Waals surface area contributed by atoms with Crippen LogP contribution in [0.2, 0.25) is 0 Å². The summed E-state index contributed by atoms with van der Waals surface area (Å²) in [6.45, 7) is 2.20. The summed E-state index contributed by atoms with van der Waals surface area (Å²) in [7, 11) is 0. The average molecular weight is 428 g/mol. The largest absolute Gasteiger partial charge is 0.486 e. The van der Waals surface area contributed by atoms with Gasteiger partial charge in [0, 0.05) is 37.6 Å². The van der Waals surface area contributed by atoms with E-state index >= 15 is 0 Å². The number of hydrogen-bond donors (Lipinski definition) is 4. The second-order valence-corrected chi connectivity index (χ2v) is 8.24. The third-order valence-electron chi connectivity index (χ3n) is 5.50. The topological polar surface area (TPSA) is 120 Å². The maximum absolute atomic E-state index is 12.4. The molecule has 1 aromatic heterocycles. The molecule has 1 amide bonds. The molecular weight excluding hydrogens is 398 g/mol. The Bertz CT molecular complexity index is 897. The van der Waals surface area contributed by atoms with Gasteiger partial charge in [-0.1, -0.05) is 0 Å². The zero-order valence-electron chi connectivity index (χ0n) is 17.5. The third kappa shape index (κ3) is 6.13. The van der Waals surface area contributed by atoms with Gasteiger partial charge >= 0.3 is 5.97 Å². The second kappa shape index (κ2) is 9.72. The summed E-state index contributed by atoms with van der Waals surface area (Å²) < 4.78 is 5.91. The highest BCUT2D eigenvalue weighted by Gasteiger charge is 2.32. The lowest BCUT2D eigenvalue weighted by molar-refractivity contribution is -0.138. The molecule has 1 saturated carbocycles. The van der Waals surface area contributed by atoms with Gasteiger partial charge in [0.15, 0.2) is 5.95 Å². The minimum absolute atomic E-state index is 0.0200. The molecule has 9 nitrogen and oxygen atoms in total. The van der Waals surface area contributed by atoms with Crippen LogP contribution in [0.1, 0.15) is 38.5 Å². The molecule has 2 aliphatic rings. The maximum atomic E-state index is 12.4. The number of fused-ring (bicyclic) bond motifs is 1. The number of amides is 1. The first kappa shape index (κ1) is 21.0. The molecule has 4 N–H and O–H groups in total. The van der Waals surface area contributed by atoms with Gasteiger partial charge in [-0.05, 0) is 49.8 Å². The number of aliphatic carboxylic acids is 1. The highest BCUT2D eigenvalue weighted by molar-refractivity contribution is 5.91. The van der Waals surface area contributed by atoms with E-state index in [1.54, 1.807) is 12.4 Å². The molecule has 0 bridgehead atoms. The molecule has 0 saturated heterocycles. The number of benzene rings is 1. The number of imidazole rings is 1. The average Bonchev–Trinajstić information content (AvgIpc) is 3.39. The van der Waals surface area contributed by atoms with E-state index in [2.05, 4.69) is 25.5 Å². The Labute approximate surface area is 181 Å². The van der Waals surface area contributed by atoms with Gasteiger partial charge in [0.05, 0.1) is 18.7 Å². The van der Waals surface area contributed by atoms with Crippen LogP contribution in [0, 0.1) is 5.92 Å². The minimum Gasteiger partial charge on any atom is -0.486 e. The van der Waals surface area contributed by atoms with Crippen molar-refractivity contribution in [1.82, 2.24) is 9.97 Å². The zero-order chi connectivity index (χ0) is 21.6. The van der Waals surface area contributed by atoms with Crippen LogP contribution >= 0.6 is 0 Å². The molecule has 1 unspecified atom stereocenters. The maximum Gasteiger partial charge on any atom is 0.307 e. The van der Waals surface area contributed by atoms with Crippen LogP contribution in [0.3, 0.4) is 0 Å². The summed E-state index contributed by atoms with van der Waals surface area (Å²) in [5, 5.41) is 15.3. The van der Waals surface area contributed by atoms with Crippen LogP contribution in [0.5, 0.6) is 5.75 Å². The quantitative estimate of drug-likeness (QED) is 0.407. The number of H-pyrrole nitrogens is 1. The molecule has 1 aliphatic carbocycles. The van der Waals surface area contributed by atoms with Gasteiger partial charge in [0.25, 0.3) is 0 Å².